The van der Waals surface area contributed by atoms with Crippen LogP contribution >= 0.6 is 0 Å². The Labute approximate surface area is 139 Å². The molecule has 0 aliphatic heterocycles. The van der Waals surface area contributed by atoms with Gasteiger partial charge in [0.05, 0.1) is 0 Å². The van der Waals surface area contributed by atoms with Crippen molar-refractivity contribution < 1.29 is 9.59 Å². The fourth-order valence-corrected chi connectivity index (χ4v) is 2.45. The molecule has 0 heterocycles. The lowest BCUT2D eigenvalue weighted by molar-refractivity contribution is -0.129. The van der Waals surface area contributed by atoms with Gasteiger partial charge in [-0.2, -0.15) is 0 Å². The molecule has 0 unspecified atom stereocenters. The minimum absolute atomic E-state index is 0.0172. The van der Waals surface area contributed by atoms with E-state index in [9.17, 15) is 9.59 Å². The van der Waals surface area contributed by atoms with Gasteiger partial charge in [-0.05, 0) is 52.0 Å². The van der Waals surface area contributed by atoms with Crippen LogP contribution in [0.1, 0.15) is 30.9 Å². The van der Waals surface area contributed by atoms with Gasteiger partial charge in [0.2, 0.25) is 11.8 Å². The Morgan fingerprint density at radius 2 is 1.65 bits per heavy atom. The number of carbonyl (C=O) groups is 2. The van der Waals surface area contributed by atoms with Gasteiger partial charge in [-0.15, -0.1) is 0 Å². The maximum atomic E-state index is 12.2. The Hall–Kier alpha value is -1.88. The molecule has 0 atom stereocenters. The van der Waals surface area contributed by atoms with Gasteiger partial charge in [0.15, 0.2) is 0 Å². The van der Waals surface area contributed by atoms with E-state index in [1.54, 1.807) is 11.8 Å². The molecule has 1 aromatic carbocycles. The molecule has 0 saturated heterocycles. The Kier molecular flexibility index (Phi) is 7.75. The summed E-state index contributed by atoms with van der Waals surface area (Å²) in [7, 11) is 4.02. The Morgan fingerprint density at radius 3 is 2.17 bits per heavy atom. The Bertz CT molecular complexity index is 521. The molecule has 0 fully saturated rings. The molecule has 5 nitrogen and oxygen atoms in total. The molecule has 1 rings (SSSR count). The maximum absolute atomic E-state index is 12.2. The van der Waals surface area contributed by atoms with E-state index in [1.807, 2.05) is 46.1 Å². The zero-order valence-electron chi connectivity index (χ0n) is 15.0. The highest BCUT2D eigenvalue weighted by atomic mass is 16.2. The van der Waals surface area contributed by atoms with Gasteiger partial charge < -0.3 is 15.1 Å². The number of nitrogens with zero attached hydrogens (tertiary/aromatic N) is 2. The van der Waals surface area contributed by atoms with Gasteiger partial charge in [-0.1, -0.05) is 18.2 Å². The number of para-hydroxylation sites is 1. The first-order valence-corrected chi connectivity index (χ1v) is 8.07. The van der Waals surface area contributed by atoms with E-state index in [0.717, 1.165) is 29.8 Å². The van der Waals surface area contributed by atoms with Gasteiger partial charge in [-0.3, -0.25) is 9.59 Å². The topological polar surface area (TPSA) is 52.7 Å². The zero-order chi connectivity index (χ0) is 17.4. The summed E-state index contributed by atoms with van der Waals surface area (Å²) in [5.74, 6) is -0.0371. The molecule has 0 radical (unpaired) electrons. The van der Waals surface area contributed by atoms with Crippen molar-refractivity contribution in [3.8, 4) is 0 Å². The number of hydrogen-bond acceptors (Lipinski definition) is 3. The molecule has 0 saturated carbocycles. The summed E-state index contributed by atoms with van der Waals surface area (Å²) in [6.45, 7) is 7.58. The van der Waals surface area contributed by atoms with E-state index in [-0.39, 0.29) is 11.8 Å². The second-order valence-electron chi connectivity index (χ2n) is 6.23. The number of nitrogens with one attached hydrogen (secondary N) is 1. The van der Waals surface area contributed by atoms with Gasteiger partial charge in [0.1, 0.15) is 0 Å². The van der Waals surface area contributed by atoms with Gasteiger partial charge >= 0.3 is 0 Å². The molecule has 2 amide bonds. The highest BCUT2D eigenvalue weighted by Crippen LogP contribution is 2.19. The van der Waals surface area contributed by atoms with E-state index in [0.29, 0.717) is 19.5 Å². The molecule has 23 heavy (non-hydrogen) atoms. The monoisotopic (exact) mass is 319 g/mol. The predicted molar refractivity (Wildman–Crippen MR) is 94.6 cm³/mol. The average Bonchev–Trinajstić information content (AvgIpc) is 2.46. The SMILES string of the molecule is CC(=O)N(CCCN(C)C)CCC(=O)Nc1c(C)cccc1C. The summed E-state index contributed by atoms with van der Waals surface area (Å²) in [5.41, 5.74) is 2.97. The molecule has 0 aliphatic carbocycles. The van der Waals surface area contributed by atoms with Gasteiger partial charge in [-0.25, -0.2) is 0 Å². The van der Waals surface area contributed by atoms with Crippen LogP contribution in [0.2, 0.25) is 0 Å². The third-order valence-corrected chi connectivity index (χ3v) is 3.83. The van der Waals surface area contributed by atoms with E-state index in [1.165, 1.54) is 0 Å². The van der Waals surface area contributed by atoms with Crippen LogP contribution in [-0.4, -0.2) is 55.3 Å². The molecular weight excluding hydrogens is 290 g/mol. The highest BCUT2D eigenvalue weighted by Gasteiger charge is 2.12. The maximum Gasteiger partial charge on any atom is 0.226 e. The van der Waals surface area contributed by atoms with Crippen molar-refractivity contribution in [2.75, 3.05) is 39.0 Å². The first-order valence-electron chi connectivity index (χ1n) is 8.07. The van der Waals surface area contributed by atoms with E-state index in [2.05, 4.69) is 10.2 Å². The standard InChI is InChI=1S/C18H29N3O2/c1-14-8-6-9-15(2)18(14)19-17(23)10-13-21(16(3)22)12-7-11-20(4)5/h6,8-9H,7,10-13H2,1-5H3,(H,19,23). The van der Waals surface area contributed by atoms with Crippen molar-refractivity contribution in [2.24, 2.45) is 0 Å². The van der Waals surface area contributed by atoms with Crippen LogP contribution < -0.4 is 5.32 Å². The van der Waals surface area contributed by atoms with Crippen molar-refractivity contribution in [1.29, 1.82) is 0 Å². The second-order valence-corrected chi connectivity index (χ2v) is 6.23. The quantitative estimate of drug-likeness (QED) is 0.801. The molecule has 0 bridgehead atoms. The third-order valence-electron chi connectivity index (χ3n) is 3.83. The minimum Gasteiger partial charge on any atom is -0.342 e. The number of benzene rings is 1. The molecule has 0 aliphatic rings. The first-order chi connectivity index (χ1) is 10.8. The van der Waals surface area contributed by atoms with Crippen LogP contribution in [0.4, 0.5) is 5.69 Å². The summed E-state index contributed by atoms with van der Waals surface area (Å²) in [6, 6.07) is 5.93. The van der Waals surface area contributed by atoms with Crippen LogP contribution in [0.3, 0.4) is 0 Å². The smallest absolute Gasteiger partial charge is 0.226 e. The molecular formula is C18H29N3O2. The number of carbonyl (C=O) groups excluding carboxylic acids is 2. The fourth-order valence-electron chi connectivity index (χ4n) is 2.45. The number of amides is 2. The highest BCUT2D eigenvalue weighted by molar-refractivity contribution is 5.92. The van der Waals surface area contributed by atoms with Crippen LogP contribution in [0, 0.1) is 13.8 Å². The number of rotatable bonds is 8. The number of anilines is 1. The Balaban J connectivity index is 2.50. The predicted octanol–water partition coefficient (Wildman–Crippen LogP) is 2.43. The number of aryl methyl sites for hydroxylation is 2. The third kappa shape index (κ3) is 6.82. The van der Waals surface area contributed by atoms with Crippen molar-refractivity contribution in [3.63, 3.8) is 0 Å². The molecule has 1 aromatic rings. The van der Waals surface area contributed by atoms with Crippen molar-refractivity contribution in [1.82, 2.24) is 9.80 Å². The lowest BCUT2D eigenvalue weighted by Crippen LogP contribution is -2.34. The van der Waals surface area contributed by atoms with Crippen molar-refractivity contribution in [3.05, 3.63) is 29.3 Å². The summed E-state index contributed by atoms with van der Waals surface area (Å²) < 4.78 is 0. The molecule has 0 aromatic heterocycles. The van der Waals surface area contributed by atoms with Crippen LogP contribution in [-0.2, 0) is 9.59 Å². The largest absolute Gasteiger partial charge is 0.342 e. The van der Waals surface area contributed by atoms with Crippen LogP contribution in [0.15, 0.2) is 18.2 Å². The lowest BCUT2D eigenvalue weighted by atomic mass is 10.1. The minimum atomic E-state index is -0.0544. The first kappa shape index (κ1) is 19.2. The summed E-state index contributed by atoms with van der Waals surface area (Å²) in [4.78, 5) is 27.7. The molecule has 5 heteroatoms. The fraction of sp³-hybridized carbons (Fsp3) is 0.556. The summed E-state index contributed by atoms with van der Waals surface area (Å²) in [6.07, 6.45) is 1.22. The molecule has 128 valence electrons. The van der Waals surface area contributed by atoms with Crippen LogP contribution in [0.25, 0.3) is 0 Å². The van der Waals surface area contributed by atoms with Gasteiger partial charge in [0.25, 0.3) is 0 Å². The van der Waals surface area contributed by atoms with E-state index < -0.39 is 0 Å². The summed E-state index contributed by atoms with van der Waals surface area (Å²) in [5, 5.41) is 2.96. The lowest BCUT2D eigenvalue weighted by Gasteiger charge is -2.22. The molecule has 1 N–H and O–H groups in total. The average molecular weight is 319 g/mol. The van der Waals surface area contributed by atoms with E-state index >= 15 is 0 Å². The Morgan fingerprint density at radius 1 is 1.04 bits per heavy atom. The van der Waals surface area contributed by atoms with Crippen molar-refractivity contribution >= 4 is 17.5 Å². The normalized spacial score (nSPS) is 10.7. The van der Waals surface area contributed by atoms with E-state index in [4.69, 9.17) is 0 Å². The zero-order valence-corrected chi connectivity index (χ0v) is 15.0. The second kappa shape index (κ2) is 9.30. The van der Waals surface area contributed by atoms with Gasteiger partial charge in [0, 0.05) is 32.1 Å². The molecule has 0 spiro atoms. The van der Waals surface area contributed by atoms with Crippen LogP contribution in [0.5, 0.6) is 0 Å². The number of hydrogen-bond donors (Lipinski definition) is 1. The van der Waals surface area contributed by atoms with Crippen molar-refractivity contribution in [2.45, 2.75) is 33.6 Å². The summed E-state index contributed by atoms with van der Waals surface area (Å²) >= 11 is 0.